The Morgan fingerprint density at radius 2 is 1.58 bits per heavy atom. The summed E-state index contributed by atoms with van der Waals surface area (Å²) in [5, 5.41) is 29.5. The number of carbonyl (C=O) groups is 1. The number of nitrogens with one attached hydrogen (secondary N) is 1. The number of phenols is 2. The van der Waals surface area contributed by atoms with Gasteiger partial charge >= 0.3 is 6.09 Å². The van der Waals surface area contributed by atoms with E-state index in [0.717, 1.165) is 5.56 Å². The van der Waals surface area contributed by atoms with Crippen molar-refractivity contribution in [1.82, 2.24) is 5.32 Å². The molecule has 0 aliphatic heterocycles. The van der Waals surface area contributed by atoms with Crippen LogP contribution in [0.5, 0.6) is 17.2 Å². The summed E-state index contributed by atoms with van der Waals surface area (Å²) in [6.07, 6.45) is 2.57. The fourth-order valence-corrected chi connectivity index (χ4v) is 2.13. The lowest BCUT2D eigenvalue weighted by molar-refractivity contribution is 0.101. The molecule has 0 fully saturated rings. The second kappa shape index (κ2) is 9.95. The molecule has 7 nitrogen and oxygen atoms in total. The maximum absolute atomic E-state index is 10.2. The first kappa shape index (κ1) is 19.1. The highest BCUT2D eigenvalue weighted by atomic mass is 16.5. The monoisotopic (exact) mass is 359 g/mol. The number of hydrogen-bond acceptors (Lipinski definition) is 5. The van der Waals surface area contributed by atoms with Gasteiger partial charge in [0.05, 0.1) is 13.2 Å². The lowest BCUT2D eigenvalue weighted by Gasteiger charge is -2.07. The molecule has 0 radical (unpaired) electrons. The van der Waals surface area contributed by atoms with E-state index in [1.807, 2.05) is 30.3 Å². The van der Waals surface area contributed by atoms with Gasteiger partial charge in [-0.15, -0.1) is 0 Å². The predicted molar refractivity (Wildman–Crippen MR) is 97.5 cm³/mol. The molecule has 0 aliphatic carbocycles. The van der Waals surface area contributed by atoms with Crippen LogP contribution in [0.2, 0.25) is 0 Å². The third kappa shape index (κ3) is 7.14. The minimum atomic E-state index is -1.07. The Bertz CT molecular complexity index is 722. The van der Waals surface area contributed by atoms with Crippen LogP contribution in [-0.4, -0.2) is 47.8 Å². The fraction of sp³-hybridized carbons (Fsp3) is 0.211. The molecule has 0 aliphatic rings. The molecule has 0 aromatic heterocycles. The Morgan fingerprint density at radius 1 is 0.923 bits per heavy atom. The van der Waals surface area contributed by atoms with Crippen LogP contribution < -0.4 is 10.1 Å². The standard InChI is InChI=1S/C19H21NO6/c21-16-11-15(12-17(22)13-16)2-1-14-3-5-18(6-4-14)26-10-9-25-8-7-20-19(23)24/h1-6,11-13,20-22H,7-10H2,(H,23,24). The summed E-state index contributed by atoms with van der Waals surface area (Å²) in [5.41, 5.74) is 1.63. The average molecular weight is 359 g/mol. The lowest BCUT2D eigenvalue weighted by Crippen LogP contribution is -2.25. The molecule has 2 aromatic rings. The van der Waals surface area contributed by atoms with Crippen LogP contribution in [0.25, 0.3) is 12.2 Å². The molecule has 2 aromatic carbocycles. The van der Waals surface area contributed by atoms with Gasteiger partial charge in [-0.05, 0) is 35.4 Å². The van der Waals surface area contributed by atoms with E-state index in [-0.39, 0.29) is 18.0 Å². The molecular weight excluding hydrogens is 338 g/mol. The third-order valence-electron chi connectivity index (χ3n) is 3.29. The summed E-state index contributed by atoms with van der Waals surface area (Å²) in [7, 11) is 0. The van der Waals surface area contributed by atoms with Crippen LogP contribution in [0, 0.1) is 0 Å². The molecular formula is C19H21NO6. The highest BCUT2D eigenvalue weighted by Gasteiger charge is 1.98. The molecule has 0 bridgehead atoms. The van der Waals surface area contributed by atoms with E-state index >= 15 is 0 Å². The number of aromatic hydroxyl groups is 2. The molecule has 2 rings (SSSR count). The molecule has 0 unspecified atom stereocenters. The SMILES string of the molecule is O=C(O)NCCOCCOc1ccc(C=Cc2cc(O)cc(O)c2)cc1. The zero-order valence-electron chi connectivity index (χ0n) is 14.1. The largest absolute Gasteiger partial charge is 0.508 e. The molecule has 26 heavy (non-hydrogen) atoms. The summed E-state index contributed by atoms with van der Waals surface area (Å²) in [4.78, 5) is 10.2. The number of ether oxygens (including phenoxy) is 2. The Morgan fingerprint density at radius 3 is 2.23 bits per heavy atom. The van der Waals surface area contributed by atoms with Gasteiger partial charge < -0.3 is 30.1 Å². The summed E-state index contributed by atoms with van der Waals surface area (Å²) in [6, 6.07) is 11.8. The van der Waals surface area contributed by atoms with Crippen molar-refractivity contribution in [2.45, 2.75) is 0 Å². The van der Waals surface area contributed by atoms with Gasteiger partial charge in [-0.1, -0.05) is 24.3 Å². The molecule has 0 heterocycles. The normalized spacial score (nSPS) is 10.8. The van der Waals surface area contributed by atoms with Gasteiger partial charge in [-0.3, -0.25) is 0 Å². The Hall–Kier alpha value is -3.19. The van der Waals surface area contributed by atoms with Gasteiger partial charge in [0.1, 0.15) is 23.9 Å². The fourth-order valence-electron chi connectivity index (χ4n) is 2.13. The van der Waals surface area contributed by atoms with Gasteiger partial charge in [-0.25, -0.2) is 4.79 Å². The minimum Gasteiger partial charge on any atom is -0.508 e. The van der Waals surface area contributed by atoms with E-state index < -0.39 is 6.09 Å². The van der Waals surface area contributed by atoms with E-state index in [9.17, 15) is 15.0 Å². The van der Waals surface area contributed by atoms with Crippen LogP contribution in [0.1, 0.15) is 11.1 Å². The number of amides is 1. The summed E-state index contributed by atoms with van der Waals surface area (Å²) in [6.45, 7) is 1.27. The van der Waals surface area contributed by atoms with Crippen molar-refractivity contribution >= 4 is 18.2 Å². The van der Waals surface area contributed by atoms with Crippen molar-refractivity contribution in [2.24, 2.45) is 0 Å². The van der Waals surface area contributed by atoms with E-state index in [0.29, 0.717) is 31.1 Å². The first-order valence-corrected chi connectivity index (χ1v) is 8.01. The summed E-state index contributed by atoms with van der Waals surface area (Å²) >= 11 is 0. The molecule has 0 saturated carbocycles. The highest BCUT2D eigenvalue weighted by Crippen LogP contribution is 2.22. The predicted octanol–water partition coefficient (Wildman–Crippen LogP) is 2.93. The van der Waals surface area contributed by atoms with Crippen molar-refractivity contribution in [3.8, 4) is 17.2 Å². The van der Waals surface area contributed by atoms with E-state index in [4.69, 9.17) is 14.6 Å². The zero-order chi connectivity index (χ0) is 18.8. The second-order valence-corrected chi connectivity index (χ2v) is 5.38. The first-order chi connectivity index (χ1) is 12.5. The molecule has 7 heteroatoms. The molecule has 0 saturated heterocycles. The number of hydrogen-bond donors (Lipinski definition) is 4. The maximum atomic E-state index is 10.2. The second-order valence-electron chi connectivity index (χ2n) is 5.38. The van der Waals surface area contributed by atoms with E-state index in [1.54, 1.807) is 18.2 Å². The Balaban J connectivity index is 1.74. The maximum Gasteiger partial charge on any atom is 0.404 e. The van der Waals surface area contributed by atoms with Crippen LogP contribution in [0.4, 0.5) is 4.79 Å². The molecule has 1 amide bonds. The third-order valence-corrected chi connectivity index (χ3v) is 3.29. The lowest BCUT2D eigenvalue weighted by atomic mass is 10.1. The van der Waals surface area contributed by atoms with Crippen LogP contribution >= 0.6 is 0 Å². The molecule has 0 atom stereocenters. The molecule has 0 spiro atoms. The van der Waals surface area contributed by atoms with Crippen molar-refractivity contribution in [3.63, 3.8) is 0 Å². The van der Waals surface area contributed by atoms with Gasteiger partial charge in [0.2, 0.25) is 0 Å². The summed E-state index contributed by atoms with van der Waals surface area (Å²) in [5.74, 6) is 0.716. The van der Waals surface area contributed by atoms with Crippen molar-refractivity contribution in [1.29, 1.82) is 0 Å². The number of phenolic OH excluding ortho intramolecular Hbond substituents is 2. The smallest absolute Gasteiger partial charge is 0.404 e. The minimum absolute atomic E-state index is 0.00867. The quantitative estimate of drug-likeness (QED) is 0.405. The summed E-state index contributed by atoms with van der Waals surface area (Å²) < 4.78 is 10.8. The molecule has 4 N–H and O–H groups in total. The molecule has 138 valence electrons. The van der Waals surface area contributed by atoms with Gasteiger partial charge in [0.15, 0.2) is 0 Å². The topological polar surface area (TPSA) is 108 Å². The van der Waals surface area contributed by atoms with Crippen LogP contribution in [-0.2, 0) is 4.74 Å². The van der Waals surface area contributed by atoms with Gasteiger partial charge in [0.25, 0.3) is 0 Å². The van der Waals surface area contributed by atoms with Gasteiger partial charge in [0, 0.05) is 12.6 Å². The van der Waals surface area contributed by atoms with E-state index in [2.05, 4.69) is 5.32 Å². The first-order valence-electron chi connectivity index (χ1n) is 8.01. The highest BCUT2D eigenvalue weighted by molar-refractivity contribution is 5.71. The van der Waals surface area contributed by atoms with Gasteiger partial charge in [-0.2, -0.15) is 0 Å². The zero-order valence-corrected chi connectivity index (χ0v) is 14.1. The van der Waals surface area contributed by atoms with Crippen LogP contribution in [0.15, 0.2) is 42.5 Å². The number of benzene rings is 2. The number of carboxylic acid groups (broad SMARTS) is 1. The Labute approximate surface area is 151 Å². The van der Waals surface area contributed by atoms with E-state index in [1.165, 1.54) is 6.07 Å². The van der Waals surface area contributed by atoms with Crippen LogP contribution in [0.3, 0.4) is 0 Å². The van der Waals surface area contributed by atoms with Crippen molar-refractivity contribution in [3.05, 3.63) is 53.6 Å². The van der Waals surface area contributed by atoms with Crippen molar-refractivity contribution < 1.29 is 29.6 Å². The number of rotatable bonds is 9. The Kier molecular flexibility index (Phi) is 7.32. The average Bonchev–Trinajstić information content (AvgIpc) is 2.59. The van der Waals surface area contributed by atoms with Crippen molar-refractivity contribution in [2.75, 3.05) is 26.4 Å².